The van der Waals surface area contributed by atoms with Crippen molar-refractivity contribution < 1.29 is 9.84 Å². The number of H-pyrrole nitrogens is 1. The monoisotopic (exact) mass is 260 g/mol. The molecule has 7 heteroatoms. The number of hydrogen-bond donors (Lipinski definition) is 2. The molecule has 2 aromatic rings. The minimum atomic E-state index is -0.956. The summed E-state index contributed by atoms with van der Waals surface area (Å²) in [6.07, 6.45) is 9.03. The maximum atomic E-state index is 11.6. The third-order valence-corrected chi connectivity index (χ3v) is 3.35. The number of nitrogens with one attached hydrogen (secondary N) is 1. The molecule has 0 radical (unpaired) electrons. The number of fused-ring (bicyclic) bond motifs is 1. The van der Waals surface area contributed by atoms with Crippen molar-refractivity contribution in [1.82, 2.24) is 19.5 Å². The number of rotatable bonds is 2. The Kier molecular flexibility index (Phi) is 2.62. The molecule has 1 aliphatic rings. The second kappa shape index (κ2) is 4.19. The van der Waals surface area contributed by atoms with Crippen molar-refractivity contribution >= 4 is 11.2 Å². The van der Waals surface area contributed by atoms with Crippen molar-refractivity contribution in [2.45, 2.75) is 24.7 Å². The molecule has 0 spiro atoms. The van der Waals surface area contributed by atoms with Gasteiger partial charge in [-0.1, -0.05) is 5.92 Å². The molecule has 2 atom stereocenters. The van der Waals surface area contributed by atoms with Crippen LogP contribution in [0, 0.1) is 12.3 Å². The van der Waals surface area contributed by atoms with Crippen LogP contribution in [-0.4, -0.2) is 36.8 Å². The molecule has 0 saturated carbocycles. The predicted molar refractivity (Wildman–Crippen MR) is 66.2 cm³/mol. The summed E-state index contributed by atoms with van der Waals surface area (Å²) in [7, 11) is 0. The number of aliphatic hydroxyl groups is 1. The molecule has 19 heavy (non-hydrogen) atoms. The summed E-state index contributed by atoms with van der Waals surface area (Å²) in [6, 6.07) is 0. The van der Waals surface area contributed by atoms with Gasteiger partial charge in [-0.05, 0) is 12.8 Å². The van der Waals surface area contributed by atoms with E-state index in [2.05, 4.69) is 20.9 Å². The van der Waals surface area contributed by atoms with E-state index in [0.29, 0.717) is 18.5 Å². The van der Waals surface area contributed by atoms with E-state index in [1.807, 2.05) is 0 Å². The lowest BCUT2D eigenvalue weighted by molar-refractivity contribution is -0.0617. The van der Waals surface area contributed by atoms with E-state index in [-0.39, 0.29) is 23.9 Å². The van der Waals surface area contributed by atoms with E-state index in [1.165, 1.54) is 12.7 Å². The van der Waals surface area contributed by atoms with Crippen LogP contribution in [0.5, 0.6) is 0 Å². The Balaban J connectivity index is 2.02. The zero-order valence-corrected chi connectivity index (χ0v) is 10.0. The molecule has 3 rings (SSSR count). The van der Waals surface area contributed by atoms with Gasteiger partial charge in [-0.15, -0.1) is 6.42 Å². The van der Waals surface area contributed by atoms with Crippen LogP contribution in [0.3, 0.4) is 0 Å². The summed E-state index contributed by atoms with van der Waals surface area (Å²) in [4.78, 5) is 22.1. The number of ether oxygens (including phenoxy) is 1. The average molecular weight is 260 g/mol. The summed E-state index contributed by atoms with van der Waals surface area (Å²) in [6.45, 7) is -0.235. The van der Waals surface area contributed by atoms with Crippen LogP contribution in [0.25, 0.3) is 11.2 Å². The largest absolute Gasteiger partial charge is 0.392 e. The summed E-state index contributed by atoms with van der Waals surface area (Å²) in [5.41, 5.74) is -0.553. The number of hydrogen-bond acceptors (Lipinski definition) is 5. The lowest BCUT2D eigenvalue weighted by atomic mass is 10.0. The summed E-state index contributed by atoms with van der Waals surface area (Å²) < 4.78 is 7.39. The van der Waals surface area contributed by atoms with Gasteiger partial charge in [0, 0.05) is 0 Å². The highest BCUT2D eigenvalue weighted by Crippen LogP contribution is 2.36. The third kappa shape index (κ3) is 1.73. The number of imidazole rings is 1. The van der Waals surface area contributed by atoms with Crippen LogP contribution in [-0.2, 0) is 4.74 Å². The molecule has 2 aromatic heterocycles. The molecular formula is C12H12N4O3. The van der Waals surface area contributed by atoms with Crippen molar-refractivity contribution in [3.05, 3.63) is 23.0 Å². The predicted octanol–water partition coefficient (Wildman–Crippen LogP) is -0.207. The molecule has 3 heterocycles. The maximum Gasteiger partial charge on any atom is 0.278 e. The van der Waals surface area contributed by atoms with E-state index < -0.39 is 5.60 Å². The minimum Gasteiger partial charge on any atom is -0.392 e. The Bertz CT molecular complexity index is 714. The molecule has 7 nitrogen and oxygen atoms in total. The fourth-order valence-electron chi connectivity index (χ4n) is 2.27. The zero-order chi connectivity index (χ0) is 13.5. The van der Waals surface area contributed by atoms with Gasteiger partial charge in [0.05, 0.1) is 19.3 Å². The summed E-state index contributed by atoms with van der Waals surface area (Å²) >= 11 is 0. The first-order chi connectivity index (χ1) is 9.19. The Hall–Kier alpha value is -2.17. The zero-order valence-electron chi connectivity index (χ0n) is 10.0. The lowest BCUT2D eigenvalue weighted by Crippen LogP contribution is -2.31. The molecule has 98 valence electrons. The van der Waals surface area contributed by atoms with Gasteiger partial charge in [-0.25, -0.2) is 9.97 Å². The Labute approximate surface area is 108 Å². The highest BCUT2D eigenvalue weighted by Gasteiger charge is 2.39. The maximum absolute atomic E-state index is 11.6. The van der Waals surface area contributed by atoms with E-state index in [9.17, 15) is 9.90 Å². The van der Waals surface area contributed by atoms with Crippen LogP contribution in [0.4, 0.5) is 0 Å². The smallest absolute Gasteiger partial charge is 0.278 e. The van der Waals surface area contributed by atoms with E-state index in [0.717, 1.165) is 0 Å². The molecule has 1 saturated heterocycles. The fourth-order valence-corrected chi connectivity index (χ4v) is 2.27. The van der Waals surface area contributed by atoms with Crippen LogP contribution in [0.15, 0.2) is 17.4 Å². The van der Waals surface area contributed by atoms with Gasteiger partial charge >= 0.3 is 0 Å². The Morgan fingerprint density at radius 3 is 3.21 bits per heavy atom. The number of aliphatic hydroxyl groups excluding tert-OH is 1. The fraction of sp³-hybridized carbons (Fsp3) is 0.417. The van der Waals surface area contributed by atoms with Gasteiger partial charge < -0.3 is 14.8 Å². The van der Waals surface area contributed by atoms with Gasteiger partial charge in [0.15, 0.2) is 16.8 Å². The van der Waals surface area contributed by atoms with E-state index >= 15 is 0 Å². The van der Waals surface area contributed by atoms with Gasteiger partial charge in [0.2, 0.25) is 0 Å². The molecule has 0 bridgehead atoms. The number of aromatic amines is 1. The molecular weight excluding hydrogens is 248 g/mol. The first-order valence-corrected chi connectivity index (χ1v) is 5.86. The Morgan fingerprint density at radius 1 is 1.68 bits per heavy atom. The molecule has 0 aromatic carbocycles. The van der Waals surface area contributed by atoms with Crippen molar-refractivity contribution in [3.63, 3.8) is 0 Å². The highest BCUT2D eigenvalue weighted by atomic mass is 16.5. The molecule has 1 aliphatic heterocycles. The summed E-state index contributed by atoms with van der Waals surface area (Å²) in [5.74, 6) is 2.48. The molecule has 0 amide bonds. The van der Waals surface area contributed by atoms with E-state index in [1.54, 1.807) is 4.57 Å². The van der Waals surface area contributed by atoms with Crippen LogP contribution >= 0.6 is 0 Å². The van der Waals surface area contributed by atoms with Gasteiger partial charge in [0.25, 0.3) is 5.56 Å². The quantitative estimate of drug-likeness (QED) is 0.729. The average Bonchev–Trinajstić information content (AvgIpc) is 3.03. The molecule has 2 unspecified atom stereocenters. The molecule has 2 N–H and O–H groups in total. The second-order valence-electron chi connectivity index (χ2n) is 4.46. The second-order valence-corrected chi connectivity index (χ2v) is 4.46. The number of aromatic nitrogens is 4. The van der Waals surface area contributed by atoms with Crippen LogP contribution < -0.4 is 5.56 Å². The topological polar surface area (TPSA) is 93.0 Å². The van der Waals surface area contributed by atoms with Gasteiger partial charge in [-0.2, -0.15) is 0 Å². The lowest BCUT2D eigenvalue weighted by Gasteiger charge is -2.21. The highest BCUT2D eigenvalue weighted by molar-refractivity contribution is 5.68. The third-order valence-electron chi connectivity index (χ3n) is 3.35. The van der Waals surface area contributed by atoms with Crippen molar-refractivity contribution in [3.8, 4) is 12.3 Å². The number of terminal acetylenes is 1. The van der Waals surface area contributed by atoms with E-state index in [4.69, 9.17) is 11.2 Å². The van der Waals surface area contributed by atoms with Gasteiger partial charge in [0.1, 0.15) is 6.23 Å². The first-order valence-electron chi connectivity index (χ1n) is 5.86. The number of nitrogens with zero attached hydrogens (tertiary/aromatic N) is 3. The SMILES string of the molecule is C#CC1(CO)CCC(n2cnc3c(=O)[nH]cnc32)O1. The first kappa shape index (κ1) is 11.9. The van der Waals surface area contributed by atoms with Crippen LogP contribution in [0.1, 0.15) is 19.1 Å². The van der Waals surface area contributed by atoms with Crippen molar-refractivity contribution in [1.29, 1.82) is 0 Å². The Morgan fingerprint density at radius 2 is 2.53 bits per heavy atom. The summed E-state index contributed by atoms with van der Waals surface area (Å²) in [5, 5.41) is 9.33. The standard InChI is InChI=1S/C12H12N4O3/c1-2-12(5-17)4-3-8(19-12)16-7-15-9-10(16)13-6-14-11(9)18/h1,6-8,17H,3-5H2,(H,13,14,18). The van der Waals surface area contributed by atoms with Crippen molar-refractivity contribution in [2.75, 3.05) is 6.61 Å². The minimum absolute atomic E-state index is 0.235. The van der Waals surface area contributed by atoms with Crippen LogP contribution in [0.2, 0.25) is 0 Å². The van der Waals surface area contributed by atoms with Gasteiger partial charge in [-0.3, -0.25) is 9.36 Å². The molecule has 0 aliphatic carbocycles. The van der Waals surface area contributed by atoms with Crippen molar-refractivity contribution in [2.24, 2.45) is 0 Å². The molecule has 1 fully saturated rings. The normalized spacial score (nSPS) is 26.6.